The predicted octanol–water partition coefficient (Wildman–Crippen LogP) is 3.88. The lowest BCUT2D eigenvalue weighted by molar-refractivity contribution is 0.464. The molecule has 16 heavy (non-hydrogen) atoms. The summed E-state index contributed by atoms with van der Waals surface area (Å²) in [6.07, 6.45) is 14.0. The molecule has 1 aromatic heterocycles. The van der Waals surface area contributed by atoms with E-state index in [-0.39, 0.29) is 0 Å². The van der Waals surface area contributed by atoms with Crippen molar-refractivity contribution in [2.24, 2.45) is 0 Å². The average Bonchev–Trinajstić information content (AvgIpc) is 2.94. The van der Waals surface area contributed by atoms with Crippen LogP contribution in [0, 0.1) is 0 Å². The Hall–Kier alpha value is -0.570. The Bertz CT molecular complexity index is 337. The molecule has 1 heterocycles. The molecule has 1 fully saturated rings. The summed E-state index contributed by atoms with van der Waals surface area (Å²) < 4.78 is 2.17. The zero-order valence-corrected chi connectivity index (χ0v) is 11.2. The van der Waals surface area contributed by atoms with E-state index in [9.17, 15) is 0 Å². The minimum atomic E-state index is 0.667. The average molecular weight is 283 g/mol. The highest BCUT2D eigenvalue weighted by Gasteiger charge is 2.17. The molecule has 0 aromatic carbocycles. The molecule has 2 rings (SSSR count). The van der Waals surface area contributed by atoms with Crippen molar-refractivity contribution in [3.8, 4) is 0 Å². The summed E-state index contributed by atoms with van der Waals surface area (Å²) in [6, 6.07) is 2.82. The van der Waals surface area contributed by atoms with Crippen molar-refractivity contribution >= 4 is 15.9 Å². The zero-order valence-electron chi connectivity index (χ0n) is 9.61. The molecule has 0 bridgehead atoms. The van der Waals surface area contributed by atoms with Crippen LogP contribution >= 0.6 is 15.9 Å². The third-order valence-electron chi connectivity index (χ3n) is 3.13. The highest BCUT2D eigenvalue weighted by molar-refractivity contribution is 9.09. The van der Waals surface area contributed by atoms with Crippen LogP contribution < -0.4 is 0 Å². The summed E-state index contributed by atoms with van der Waals surface area (Å²) in [6.45, 7) is 0. The van der Waals surface area contributed by atoms with Crippen molar-refractivity contribution in [1.29, 1.82) is 0 Å². The van der Waals surface area contributed by atoms with Crippen molar-refractivity contribution in [2.75, 3.05) is 5.33 Å². The van der Waals surface area contributed by atoms with Crippen LogP contribution in [0.2, 0.25) is 0 Å². The van der Waals surface area contributed by atoms with E-state index in [1.54, 1.807) is 0 Å². The van der Waals surface area contributed by atoms with Gasteiger partial charge in [-0.25, -0.2) is 0 Å². The van der Waals surface area contributed by atoms with Crippen LogP contribution in [-0.4, -0.2) is 15.1 Å². The second-order valence-electron chi connectivity index (χ2n) is 4.38. The van der Waals surface area contributed by atoms with Gasteiger partial charge in [-0.15, -0.1) is 0 Å². The van der Waals surface area contributed by atoms with Crippen molar-refractivity contribution in [2.45, 2.75) is 44.6 Å². The Labute approximate surface area is 106 Å². The Morgan fingerprint density at radius 1 is 1.38 bits per heavy atom. The Morgan fingerprint density at radius 2 is 2.19 bits per heavy atom. The molecule has 1 aromatic rings. The molecule has 0 N–H and O–H groups in total. The van der Waals surface area contributed by atoms with Gasteiger partial charge in [0.25, 0.3) is 0 Å². The molecule has 0 aliphatic heterocycles. The normalized spacial score (nSPS) is 17.6. The third kappa shape index (κ3) is 3.21. The van der Waals surface area contributed by atoms with Gasteiger partial charge in [0, 0.05) is 17.9 Å². The molecular weight excluding hydrogens is 264 g/mol. The minimum absolute atomic E-state index is 0.667. The maximum atomic E-state index is 4.64. The molecule has 1 aliphatic rings. The maximum absolute atomic E-state index is 4.64. The van der Waals surface area contributed by atoms with Crippen molar-refractivity contribution in [1.82, 2.24) is 9.78 Å². The highest BCUT2D eigenvalue weighted by atomic mass is 79.9. The Balaban J connectivity index is 1.86. The van der Waals surface area contributed by atoms with Crippen molar-refractivity contribution in [3.05, 3.63) is 30.1 Å². The molecule has 0 saturated heterocycles. The van der Waals surface area contributed by atoms with E-state index in [1.165, 1.54) is 31.4 Å². The number of rotatable bonds is 5. The highest BCUT2D eigenvalue weighted by Crippen LogP contribution is 2.28. The fourth-order valence-corrected chi connectivity index (χ4v) is 2.51. The summed E-state index contributed by atoms with van der Waals surface area (Å²) in [5, 5.41) is 5.69. The predicted molar refractivity (Wildman–Crippen MR) is 71.0 cm³/mol. The van der Waals surface area contributed by atoms with Gasteiger partial charge in [-0.05, 0) is 25.3 Å². The van der Waals surface area contributed by atoms with E-state index in [2.05, 4.69) is 50.1 Å². The molecule has 1 aliphatic carbocycles. The van der Waals surface area contributed by atoms with Crippen LogP contribution in [0.15, 0.2) is 24.4 Å². The van der Waals surface area contributed by atoms with Gasteiger partial charge < -0.3 is 0 Å². The van der Waals surface area contributed by atoms with Crippen LogP contribution in [0.1, 0.15) is 43.8 Å². The number of aromatic nitrogens is 2. The lowest BCUT2D eigenvalue weighted by Crippen LogP contribution is -2.05. The minimum Gasteiger partial charge on any atom is -0.269 e. The number of alkyl halides is 1. The summed E-state index contributed by atoms with van der Waals surface area (Å²) in [5.74, 6) is 0. The topological polar surface area (TPSA) is 17.8 Å². The largest absolute Gasteiger partial charge is 0.269 e. The van der Waals surface area contributed by atoms with E-state index in [1.807, 2.05) is 0 Å². The van der Waals surface area contributed by atoms with Gasteiger partial charge in [-0.1, -0.05) is 40.9 Å². The monoisotopic (exact) mass is 282 g/mol. The van der Waals surface area contributed by atoms with E-state index in [4.69, 9.17) is 0 Å². The Morgan fingerprint density at radius 3 is 2.94 bits per heavy atom. The van der Waals surface area contributed by atoms with Crippen LogP contribution in [0.4, 0.5) is 0 Å². The number of hydrogen-bond donors (Lipinski definition) is 0. The molecule has 0 unspecified atom stereocenters. The standard InChI is InChI=1S/C13H19BrN2/c14-10-5-1-2-6-12-9-11-16(15-12)13-7-3-4-8-13/h1-2,9,11,13H,3-8,10H2. The summed E-state index contributed by atoms with van der Waals surface area (Å²) in [5.41, 5.74) is 1.19. The van der Waals surface area contributed by atoms with Crippen LogP contribution in [0.25, 0.3) is 0 Å². The molecular formula is C13H19BrN2. The van der Waals surface area contributed by atoms with E-state index in [0.29, 0.717) is 6.04 Å². The van der Waals surface area contributed by atoms with Gasteiger partial charge in [0.15, 0.2) is 0 Å². The van der Waals surface area contributed by atoms with Crippen LogP contribution in [-0.2, 0) is 6.42 Å². The van der Waals surface area contributed by atoms with Crippen molar-refractivity contribution in [3.63, 3.8) is 0 Å². The van der Waals surface area contributed by atoms with E-state index < -0.39 is 0 Å². The fraction of sp³-hybridized carbons (Fsp3) is 0.615. The van der Waals surface area contributed by atoms with Crippen molar-refractivity contribution < 1.29 is 0 Å². The second kappa shape index (κ2) is 6.24. The molecule has 3 heteroatoms. The molecule has 0 atom stereocenters. The van der Waals surface area contributed by atoms with Gasteiger partial charge in [0.1, 0.15) is 0 Å². The molecule has 0 amide bonds. The molecule has 1 saturated carbocycles. The number of hydrogen-bond acceptors (Lipinski definition) is 1. The van der Waals surface area contributed by atoms with E-state index in [0.717, 1.165) is 18.2 Å². The molecule has 2 nitrogen and oxygen atoms in total. The lowest BCUT2D eigenvalue weighted by Gasteiger charge is -2.08. The lowest BCUT2D eigenvalue weighted by atomic mass is 10.3. The van der Waals surface area contributed by atoms with Gasteiger partial charge in [-0.3, -0.25) is 4.68 Å². The quantitative estimate of drug-likeness (QED) is 0.592. The molecule has 88 valence electrons. The molecule has 0 spiro atoms. The van der Waals surface area contributed by atoms with Gasteiger partial charge in [0.2, 0.25) is 0 Å². The fourth-order valence-electron chi connectivity index (χ4n) is 2.24. The zero-order chi connectivity index (χ0) is 11.2. The Kier molecular flexibility index (Phi) is 4.64. The first kappa shape index (κ1) is 11.9. The first-order chi connectivity index (χ1) is 7.90. The van der Waals surface area contributed by atoms with Gasteiger partial charge in [-0.2, -0.15) is 5.10 Å². The second-order valence-corrected chi connectivity index (χ2v) is 5.17. The number of nitrogens with zero attached hydrogens (tertiary/aromatic N) is 2. The summed E-state index contributed by atoms with van der Waals surface area (Å²) >= 11 is 3.41. The first-order valence-electron chi connectivity index (χ1n) is 6.15. The van der Waals surface area contributed by atoms with E-state index >= 15 is 0 Å². The number of allylic oxidation sites excluding steroid dienone is 2. The molecule has 0 radical (unpaired) electrons. The third-order valence-corrected chi connectivity index (χ3v) is 3.59. The summed E-state index contributed by atoms with van der Waals surface area (Å²) in [7, 11) is 0. The van der Waals surface area contributed by atoms with Crippen LogP contribution in [0.5, 0.6) is 0 Å². The summed E-state index contributed by atoms with van der Waals surface area (Å²) in [4.78, 5) is 0. The first-order valence-corrected chi connectivity index (χ1v) is 7.27. The van der Waals surface area contributed by atoms with Gasteiger partial charge in [0.05, 0.1) is 11.7 Å². The maximum Gasteiger partial charge on any atom is 0.0662 e. The smallest absolute Gasteiger partial charge is 0.0662 e. The SMILES string of the molecule is BrCCC=CCc1ccn(C2CCCC2)n1. The van der Waals surface area contributed by atoms with Gasteiger partial charge >= 0.3 is 0 Å². The number of halogens is 1. The van der Waals surface area contributed by atoms with Crippen LogP contribution in [0.3, 0.4) is 0 Å².